The van der Waals surface area contributed by atoms with Crippen LogP contribution in [0.2, 0.25) is 0 Å². The highest BCUT2D eigenvalue weighted by atomic mass is 32.1. The van der Waals surface area contributed by atoms with Crippen LogP contribution in [0, 0.1) is 5.92 Å². The summed E-state index contributed by atoms with van der Waals surface area (Å²) < 4.78 is 0. The molecule has 3 N–H and O–H groups in total. The van der Waals surface area contributed by atoms with Crippen molar-refractivity contribution >= 4 is 28.3 Å². The zero-order chi connectivity index (χ0) is 13.7. The number of nitrogens with one attached hydrogen (secondary N) is 2. The highest BCUT2D eigenvalue weighted by molar-refractivity contribution is 7.14. The van der Waals surface area contributed by atoms with Crippen LogP contribution in [0.25, 0.3) is 0 Å². The van der Waals surface area contributed by atoms with E-state index in [2.05, 4.69) is 24.5 Å². The summed E-state index contributed by atoms with van der Waals surface area (Å²) in [4.78, 5) is 22.6. The van der Waals surface area contributed by atoms with Gasteiger partial charge in [-0.2, -0.15) is 0 Å². The molecule has 2 atom stereocenters. The van der Waals surface area contributed by atoms with Gasteiger partial charge in [0.05, 0.1) is 5.56 Å². The Morgan fingerprint density at radius 1 is 1.44 bits per heavy atom. The quantitative estimate of drug-likeness (QED) is 0.769. The van der Waals surface area contributed by atoms with E-state index in [0.29, 0.717) is 10.9 Å². The fraction of sp³-hybridized carbons (Fsp3) is 0.500. The normalized spacial score (nSPS) is 13.7. The second-order valence-corrected chi connectivity index (χ2v) is 5.16. The summed E-state index contributed by atoms with van der Waals surface area (Å²) in [5.74, 6) is -0.667. The topological polar surface area (TPSA) is 78.4 Å². The van der Waals surface area contributed by atoms with Crippen molar-refractivity contribution in [2.45, 2.75) is 33.2 Å². The van der Waals surface area contributed by atoms with Gasteiger partial charge in [0.15, 0.2) is 0 Å². The minimum absolute atomic E-state index is 0.0447. The van der Waals surface area contributed by atoms with E-state index in [1.807, 2.05) is 6.92 Å². The van der Waals surface area contributed by atoms with Gasteiger partial charge in [0.1, 0.15) is 5.00 Å². The number of carbonyl (C=O) groups is 2. The molecule has 5 nitrogen and oxygen atoms in total. The minimum atomic E-state index is -1.04. The molecule has 100 valence electrons. The van der Waals surface area contributed by atoms with Gasteiger partial charge in [0.2, 0.25) is 0 Å². The Balaban J connectivity index is 2.60. The van der Waals surface area contributed by atoms with Gasteiger partial charge in [-0.25, -0.2) is 9.59 Å². The van der Waals surface area contributed by atoms with Crippen molar-refractivity contribution in [3.05, 3.63) is 17.0 Å². The van der Waals surface area contributed by atoms with Gasteiger partial charge in [0, 0.05) is 6.04 Å². The third-order valence-corrected chi connectivity index (χ3v) is 3.81. The molecule has 1 heterocycles. The van der Waals surface area contributed by atoms with E-state index < -0.39 is 5.97 Å². The van der Waals surface area contributed by atoms with E-state index in [4.69, 9.17) is 5.11 Å². The molecular weight excluding hydrogens is 252 g/mol. The molecule has 1 aromatic heterocycles. The van der Waals surface area contributed by atoms with Crippen molar-refractivity contribution in [3.8, 4) is 0 Å². The van der Waals surface area contributed by atoms with Crippen LogP contribution in [-0.4, -0.2) is 23.1 Å². The molecule has 0 aliphatic carbocycles. The van der Waals surface area contributed by atoms with Gasteiger partial charge in [0.25, 0.3) is 0 Å². The molecule has 0 aliphatic rings. The number of carboxylic acids is 1. The molecule has 1 aromatic rings. The van der Waals surface area contributed by atoms with E-state index in [-0.39, 0.29) is 17.6 Å². The molecule has 2 amide bonds. The van der Waals surface area contributed by atoms with Crippen molar-refractivity contribution in [1.29, 1.82) is 0 Å². The van der Waals surface area contributed by atoms with Crippen LogP contribution in [0.5, 0.6) is 0 Å². The van der Waals surface area contributed by atoms with Crippen molar-refractivity contribution < 1.29 is 14.7 Å². The van der Waals surface area contributed by atoms with Crippen molar-refractivity contribution in [3.63, 3.8) is 0 Å². The predicted octanol–water partition coefficient (Wildman–Crippen LogP) is 3.00. The minimum Gasteiger partial charge on any atom is -0.478 e. The van der Waals surface area contributed by atoms with Gasteiger partial charge in [-0.15, -0.1) is 11.3 Å². The van der Waals surface area contributed by atoms with Gasteiger partial charge in [-0.3, -0.25) is 5.32 Å². The Hall–Kier alpha value is -1.56. The van der Waals surface area contributed by atoms with Crippen LogP contribution >= 0.6 is 11.3 Å². The lowest BCUT2D eigenvalue weighted by Crippen LogP contribution is -2.39. The van der Waals surface area contributed by atoms with Crippen LogP contribution in [-0.2, 0) is 0 Å². The van der Waals surface area contributed by atoms with Gasteiger partial charge in [-0.1, -0.05) is 20.3 Å². The average Bonchev–Trinajstić information content (AvgIpc) is 2.75. The number of carboxylic acid groups (broad SMARTS) is 1. The molecule has 18 heavy (non-hydrogen) atoms. The first-order chi connectivity index (χ1) is 8.45. The molecule has 0 aromatic carbocycles. The number of urea groups is 1. The summed E-state index contributed by atoms with van der Waals surface area (Å²) in [7, 11) is 0. The maximum atomic E-state index is 11.7. The summed E-state index contributed by atoms with van der Waals surface area (Å²) in [6.45, 7) is 6.04. The van der Waals surface area contributed by atoms with E-state index in [1.54, 1.807) is 5.38 Å². The number of aromatic carboxylic acids is 1. The molecule has 0 spiro atoms. The third kappa shape index (κ3) is 3.73. The lowest BCUT2D eigenvalue weighted by atomic mass is 10.0. The standard InChI is InChI=1S/C12H18N2O3S/c1-4-7(2)8(3)13-12(17)14-10-9(11(15)16)5-6-18-10/h5-8H,4H2,1-3H3,(H,15,16)(H2,13,14,17). The van der Waals surface area contributed by atoms with Crippen LogP contribution in [0.1, 0.15) is 37.6 Å². The van der Waals surface area contributed by atoms with Crippen LogP contribution < -0.4 is 10.6 Å². The first-order valence-electron chi connectivity index (χ1n) is 5.84. The molecule has 0 aliphatic heterocycles. The Kier molecular flexibility index (Phi) is 5.15. The van der Waals surface area contributed by atoms with E-state index >= 15 is 0 Å². The number of anilines is 1. The molecule has 0 saturated carbocycles. The zero-order valence-corrected chi connectivity index (χ0v) is 11.5. The number of thiophene rings is 1. The summed E-state index contributed by atoms with van der Waals surface area (Å²) in [5, 5.41) is 16.3. The molecule has 6 heteroatoms. The fourth-order valence-electron chi connectivity index (χ4n) is 1.42. The lowest BCUT2D eigenvalue weighted by Gasteiger charge is -2.19. The number of hydrogen-bond donors (Lipinski definition) is 3. The SMILES string of the molecule is CCC(C)C(C)NC(=O)Nc1sccc1C(=O)O. The van der Waals surface area contributed by atoms with Crippen LogP contribution in [0.3, 0.4) is 0 Å². The monoisotopic (exact) mass is 270 g/mol. The smallest absolute Gasteiger partial charge is 0.338 e. The Morgan fingerprint density at radius 2 is 2.11 bits per heavy atom. The molecule has 0 radical (unpaired) electrons. The summed E-state index contributed by atoms with van der Waals surface area (Å²) in [6.07, 6.45) is 0.973. The second kappa shape index (κ2) is 6.39. The highest BCUT2D eigenvalue weighted by Gasteiger charge is 2.16. The van der Waals surface area contributed by atoms with Gasteiger partial charge < -0.3 is 10.4 Å². The lowest BCUT2D eigenvalue weighted by molar-refractivity contribution is 0.0698. The summed E-state index contributed by atoms with van der Waals surface area (Å²) in [5.41, 5.74) is 0.117. The first-order valence-corrected chi connectivity index (χ1v) is 6.72. The third-order valence-electron chi connectivity index (χ3n) is 2.98. The van der Waals surface area contributed by atoms with Crippen molar-refractivity contribution in [1.82, 2.24) is 5.32 Å². The maximum absolute atomic E-state index is 11.7. The predicted molar refractivity (Wildman–Crippen MR) is 72.3 cm³/mol. The van der Waals surface area contributed by atoms with E-state index in [0.717, 1.165) is 6.42 Å². The van der Waals surface area contributed by atoms with Crippen LogP contribution in [0.4, 0.5) is 9.80 Å². The largest absolute Gasteiger partial charge is 0.478 e. The first kappa shape index (κ1) is 14.5. The van der Waals surface area contributed by atoms with Crippen molar-refractivity contribution in [2.24, 2.45) is 5.92 Å². The number of rotatable bonds is 5. The molecule has 2 unspecified atom stereocenters. The van der Waals surface area contributed by atoms with Gasteiger partial charge >= 0.3 is 12.0 Å². The maximum Gasteiger partial charge on any atom is 0.338 e. The second-order valence-electron chi connectivity index (χ2n) is 4.24. The molecule has 0 saturated heterocycles. The zero-order valence-electron chi connectivity index (χ0n) is 10.7. The summed E-state index contributed by atoms with van der Waals surface area (Å²) in [6, 6.07) is 1.15. The number of hydrogen-bond acceptors (Lipinski definition) is 3. The Labute approximate surface area is 110 Å². The van der Waals surface area contributed by atoms with E-state index in [1.165, 1.54) is 17.4 Å². The highest BCUT2D eigenvalue weighted by Crippen LogP contribution is 2.23. The van der Waals surface area contributed by atoms with Crippen LogP contribution in [0.15, 0.2) is 11.4 Å². The number of amides is 2. The summed E-state index contributed by atoms with van der Waals surface area (Å²) >= 11 is 1.19. The van der Waals surface area contributed by atoms with E-state index in [9.17, 15) is 9.59 Å². The molecule has 0 fully saturated rings. The Morgan fingerprint density at radius 3 is 2.67 bits per heavy atom. The van der Waals surface area contributed by atoms with Gasteiger partial charge in [-0.05, 0) is 24.3 Å². The Bertz CT molecular complexity index is 431. The number of carbonyl (C=O) groups excluding carboxylic acids is 1. The average molecular weight is 270 g/mol. The van der Waals surface area contributed by atoms with Crippen molar-refractivity contribution in [2.75, 3.05) is 5.32 Å². The molecule has 0 bridgehead atoms. The molecule has 1 rings (SSSR count). The molecular formula is C12H18N2O3S. The fourth-order valence-corrected chi connectivity index (χ4v) is 2.19.